The average Bonchev–Trinajstić information content (AvgIpc) is 2.11. The van der Waals surface area contributed by atoms with E-state index < -0.39 is 0 Å². The van der Waals surface area contributed by atoms with Crippen LogP contribution in [0.25, 0.3) is 0 Å². The van der Waals surface area contributed by atoms with Crippen LogP contribution in [0.1, 0.15) is 20.3 Å². The molecule has 3 nitrogen and oxygen atoms in total. The van der Waals surface area contributed by atoms with E-state index in [1.165, 1.54) is 13.2 Å². The van der Waals surface area contributed by atoms with Gasteiger partial charge < -0.3 is 9.64 Å². The lowest BCUT2D eigenvalue weighted by molar-refractivity contribution is -0.134. The fourth-order valence-corrected chi connectivity index (χ4v) is 0.681. The third kappa shape index (κ3) is 4.01. The van der Waals surface area contributed by atoms with Crippen LogP contribution in [0.4, 0.5) is 0 Å². The van der Waals surface area contributed by atoms with Crippen LogP contribution in [0.3, 0.4) is 0 Å². The predicted molar refractivity (Wildman–Crippen MR) is 48.7 cm³/mol. The second kappa shape index (κ2) is 5.63. The molecule has 0 amide bonds. The molecular weight excluding hydrogens is 154 g/mol. The first-order chi connectivity index (χ1) is 5.61. The second-order valence-electron chi connectivity index (χ2n) is 2.76. The van der Waals surface area contributed by atoms with Crippen molar-refractivity contribution in [1.29, 1.82) is 0 Å². The molecule has 0 aliphatic rings. The summed E-state index contributed by atoms with van der Waals surface area (Å²) in [6, 6.07) is 0.450. The number of nitrogens with zero attached hydrogens (tertiary/aromatic N) is 1. The molecule has 1 unspecified atom stereocenters. The van der Waals surface area contributed by atoms with Crippen LogP contribution in [0, 0.1) is 0 Å². The van der Waals surface area contributed by atoms with Crippen LogP contribution in [0.15, 0.2) is 12.3 Å². The van der Waals surface area contributed by atoms with Gasteiger partial charge in [-0.25, -0.2) is 4.79 Å². The maximum absolute atomic E-state index is 10.7. The summed E-state index contributed by atoms with van der Waals surface area (Å²) >= 11 is 0. The van der Waals surface area contributed by atoms with Gasteiger partial charge in [-0.2, -0.15) is 0 Å². The Kier molecular flexibility index (Phi) is 5.17. The standard InChI is InChI=1S/C9H17NO2/c1-5-8(2)10(3)7-6-9(11)12-4/h6-8H,5H2,1-4H3. The van der Waals surface area contributed by atoms with E-state index >= 15 is 0 Å². The van der Waals surface area contributed by atoms with Crippen molar-refractivity contribution in [3.8, 4) is 0 Å². The molecule has 0 heterocycles. The van der Waals surface area contributed by atoms with Crippen LogP contribution in [0.2, 0.25) is 0 Å². The number of ether oxygens (including phenoxy) is 1. The summed E-state index contributed by atoms with van der Waals surface area (Å²) in [4.78, 5) is 12.7. The lowest BCUT2D eigenvalue weighted by Gasteiger charge is -2.20. The predicted octanol–water partition coefficient (Wildman–Crippen LogP) is 1.40. The largest absolute Gasteiger partial charge is 0.466 e. The fourth-order valence-electron chi connectivity index (χ4n) is 0.681. The smallest absolute Gasteiger partial charge is 0.331 e. The van der Waals surface area contributed by atoms with E-state index in [0.29, 0.717) is 6.04 Å². The summed E-state index contributed by atoms with van der Waals surface area (Å²) in [7, 11) is 3.31. The van der Waals surface area contributed by atoms with Gasteiger partial charge in [-0.3, -0.25) is 0 Å². The Morgan fingerprint density at radius 3 is 2.67 bits per heavy atom. The minimum Gasteiger partial charge on any atom is -0.466 e. The Bertz CT molecular complexity index is 166. The van der Waals surface area contributed by atoms with Crippen molar-refractivity contribution in [2.75, 3.05) is 14.2 Å². The summed E-state index contributed by atoms with van der Waals surface area (Å²) in [5.41, 5.74) is 0. The molecule has 1 atom stereocenters. The molecule has 70 valence electrons. The number of hydrogen-bond donors (Lipinski definition) is 0. The Labute approximate surface area is 74.0 Å². The molecule has 0 radical (unpaired) electrons. The van der Waals surface area contributed by atoms with Crippen molar-refractivity contribution in [2.24, 2.45) is 0 Å². The van der Waals surface area contributed by atoms with E-state index in [1.54, 1.807) is 6.20 Å². The van der Waals surface area contributed by atoms with Gasteiger partial charge in [0, 0.05) is 25.4 Å². The molecule has 0 aliphatic heterocycles. The minimum absolute atomic E-state index is 0.315. The number of carbonyl (C=O) groups is 1. The molecule has 0 bridgehead atoms. The lowest BCUT2D eigenvalue weighted by atomic mass is 10.2. The van der Waals surface area contributed by atoms with Crippen LogP contribution in [-0.2, 0) is 9.53 Å². The van der Waals surface area contributed by atoms with E-state index in [0.717, 1.165) is 6.42 Å². The molecule has 0 aromatic rings. The third-order valence-electron chi connectivity index (χ3n) is 1.93. The first-order valence-electron chi connectivity index (χ1n) is 4.09. The molecule has 0 aliphatic carbocycles. The van der Waals surface area contributed by atoms with Gasteiger partial charge in [0.2, 0.25) is 0 Å². The van der Waals surface area contributed by atoms with Gasteiger partial charge in [-0.1, -0.05) is 6.92 Å². The van der Waals surface area contributed by atoms with E-state index in [1.807, 2.05) is 11.9 Å². The highest BCUT2D eigenvalue weighted by molar-refractivity contribution is 5.81. The van der Waals surface area contributed by atoms with Crippen LogP contribution in [-0.4, -0.2) is 31.1 Å². The normalized spacial score (nSPS) is 13.0. The van der Waals surface area contributed by atoms with E-state index in [-0.39, 0.29) is 5.97 Å². The highest BCUT2D eigenvalue weighted by Gasteiger charge is 2.01. The van der Waals surface area contributed by atoms with Gasteiger partial charge in [0.1, 0.15) is 0 Å². The third-order valence-corrected chi connectivity index (χ3v) is 1.93. The van der Waals surface area contributed by atoms with Crippen molar-refractivity contribution in [3.63, 3.8) is 0 Å². The molecule has 0 rings (SSSR count). The molecule has 0 fully saturated rings. The van der Waals surface area contributed by atoms with Crippen LogP contribution >= 0.6 is 0 Å². The molecule has 0 N–H and O–H groups in total. The summed E-state index contributed by atoms with van der Waals surface area (Å²) < 4.78 is 4.46. The number of methoxy groups -OCH3 is 1. The minimum atomic E-state index is -0.315. The first kappa shape index (κ1) is 11.0. The van der Waals surface area contributed by atoms with Crippen molar-refractivity contribution in [3.05, 3.63) is 12.3 Å². The molecule has 3 heteroatoms. The molecule has 0 saturated heterocycles. The Morgan fingerprint density at radius 1 is 1.67 bits per heavy atom. The Morgan fingerprint density at radius 2 is 2.25 bits per heavy atom. The number of rotatable bonds is 4. The fraction of sp³-hybridized carbons (Fsp3) is 0.667. The van der Waals surface area contributed by atoms with E-state index in [9.17, 15) is 4.79 Å². The van der Waals surface area contributed by atoms with Crippen LogP contribution in [0.5, 0.6) is 0 Å². The number of esters is 1. The number of hydrogen-bond acceptors (Lipinski definition) is 3. The summed E-state index contributed by atoms with van der Waals surface area (Å²) in [5.74, 6) is -0.315. The molecule has 12 heavy (non-hydrogen) atoms. The molecule has 0 aromatic heterocycles. The van der Waals surface area contributed by atoms with E-state index in [2.05, 4.69) is 18.6 Å². The summed E-state index contributed by atoms with van der Waals surface area (Å²) in [6.07, 6.45) is 4.22. The maximum Gasteiger partial charge on any atom is 0.331 e. The van der Waals surface area contributed by atoms with Crippen molar-refractivity contribution >= 4 is 5.97 Å². The summed E-state index contributed by atoms with van der Waals surface area (Å²) in [6.45, 7) is 4.20. The highest BCUT2D eigenvalue weighted by atomic mass is 16.5. The molecule has 0 spiro atoms. The highest BCUT2D eigenvalue weighted by Crippen LogP contribution is 1.99. The Balaban J connectivity index is 3.90. The SMILES string of the molecule is CCC(C)N(C)C=CC(=O)OC. The number of carbonyl (C=O) groups excluding carboxylic acids is 1. The maximum atomic E-state index is 10.7. The zero-order valence-corrected chi connectivity index (χ0v) is 8.20. The average molecular weight is 171 g/mol. The van der Waals surface area contributed by atoms with Gasteiger partial charge in [0.15, 0.2) is 0 Å². The lowest BCUT2D eigenvalue weighted by Crippen LogP contribution is -2.22. The van der Waals surface area contributed by atoms with Crippen molar-refractivity contribution in [2.45, 2.75) is 26.3 Å². The molecule has 0 aromatic carbocycles. The van der Waals surface area contributed by atoms with E-state index in [4.69, 9.17) is 0 Å². The first-order valence-corrected chi connectivity index (χ1v) is 4.09. The van der Waals surface area contributed by atoms with Gasteiger partial charge in [-0.05, 0) is 13.3 Å². The zero-order chi connectivity index (χ0) is 9.56. The molecular formula is C9H17NO2. The monoisotopic (exact) mass is 171 g/mol. The van der Waals surface area contributed by atoms with Gasteiger partial charge in [-0.15, -0.1) is 0 Å². The quantitative estimate of drug-likeness (QED) is 0.473. The zero-order valence-electron chi connectivity index (χ0n) is 8.20. The van der Waals surface area contributed by atoms with Crippen molar-refractivity contribution in [1.82, 2.24) is 4.90 Å². The van der Waals surface area contributed by atoms with Crippen molar-refractivity contribution < 1.29 is 9.53 Å². The Hall–Kier alpha value is -0.990. The van der Waals surface area contributed by atoms with Gasteiger partial charge in [0.25, 0.3) is 0 Å². The second-order valence-corrected chi connectivity index (χ2v) is 2.76. The topological polar surface area (TPSA) is 29.5 Å². The van der Waals surface area contributed by atoms with Gasteiger partial charge in [0.05, 0.1) is 7.11 Å². The van der Waals surface area contributed by atoms with Crippen LogP contribution < -0.4 is 0 Å². The molecule has 0 saturated carbocycles. The van der Waals surface area contributed by atoms with Gasteiger partial charge >= 0.3 is 5.97 Å². The summed E-state index contributed by atoms with van der Waals surface area (Å²) in [5, 5.41) is 0.